The van der Waals surface area contributed by atoms with Crippen molar-refractivity contribution in [3.63, 3.8) is 0 Å². The van der Waals surface area contributed by atoms with Gasteiger partial charge >= 0.3 is 0 Å². The number of rotatable bonds is 0. The van der Waals surface area contributed by atoms with Gasteiger partial charge in [0.05, 0.1) is 6.10 Å². The van der Waals surface area contributed by atoms with E-state index >= 15 is 0 Å². The van der Waals surface area contributed by atoms with Gasteiger partial charge in [-0.3, -0.25) is 0 Å². The van der Waals surface area contributed by atoms with E-state index in [0.717, 1.165) is 19.3 Å². The van der Waals surface area contributed by atoms with E-state index in [-0.39, 0.29) is 11.5 Å². The minimum absolute atomic E-state index is 0.133. The molecule has 0 aromatic rings. The molecule has 0 atom stereocenters. The quantitative estimate of drug-likeness (QED) is 0.534. The molecule has 2 aliphatic rings. The van der Waals surface area contributed by atoms with Gasteiger partial charge in [0, 0.05) is 10.7 Å². The lowest BCUT2D eigenvalue weighted by Gasteiger charge is -2.42. The van der Waals surface area contributed by atoms with Crippen LogP contribution in [-0.4, -0.2) is 36.2 Å². The first-order valence-corrected chi connectivity index (χ1v) is 3.84. The Morgan fingerprint density at radius 2 is 2.50 bits per heavy atom. The molecule has 1 spiro atoms. The molecule has 2 heteroatoms. The smallest absolute Gasteiger partial charge is 0.0551 e. The van der Waals surface area contributed by atoms with Gasteiger partial charge in [0.1, 0.15) is 0 Å². The number of aliphatic hydroxyl groups is 1. The van der Waals surface area contributed by atoms with Crippen LogP contribution in [0, 0.1) is 5.41 Å². The maximum Gasteiger partial charge on any atom is 0.0551 e. The Balaban J connectivity index is 1.95. The molecule has 0 bridgehead atoms. The second kappa shape index (κ2) is 1.95. The van der Waals surface area contributed by atoms with E-state index in [0.29, 0.717) is 13.1 Å². The molecule has 10 heavy (non-hydrogen) atoms. The Morgan fingerprint density at radius 3 is 3.00 bits per heavy atom. The van der Waals surface area contributed by atoms with Crippen LogP contribution in [0.3, 0.4) is 0 Å². The fourth-order valence-electron chi connectivity index (χ4n) is 2.21. The van der Waals surface area contributed by atoms with Crippen molar-refractivity contribution in [2.24, 2.45) is 5.41 Å². The summed E-state index contributed by atoms with van der Waals surface area (Å²) in [5.74, 6) is 0. The highest BCUT2D eigenvalue weighted by Crippen LogP contribution is 2.47. The number of hydrogen-bond acceptors (Lipinski definition) is 2. The number of likely N-dealkylation sites (tertiary alicyclic amines) is 1. The van der Waals surface area contributed by atoms with Crippen LogP contribution in [0.25, 0.3) is 0 Å². The average molecular weight is 144 g/mol. The first-order valence-electron chi connectivity index (χ1n) is 5.34. The summed E-state index contributed by atoms with van der Waals surface area (Å²) in [6, 6.07) is 0. The normalized spacial score (nSPS) is 53.7. The van der Waals surface area contributed by atoms with E-state index in [4.69, 9.17) is 4.11 Å². The summed E-state index contributed by atoms with van der Waals surface area (Å²) in [4.78, 5) is 1.55. The highest BCUT2D eigenvalue weighted by Gasteiger charge is 2.46. The highest BCUT2D eigenvalue weighted by atomic mass is 16.3. The summed E-state index contributed by atoms with van der Waals surface area (Å²) >= 11 is 0. The van der Waals surface area contributed by atoms with E-state index < -0.39 is 6.98 Å². The third-order valence-corrected chi connectivity index (χ3v) is 2.78. The third kappa shape index (κ3) is 0.867. The second-order valence-electron chi connectivity index (χ2n) is 3.73. The van der Waals surface area contributed by atoms with Crippen LogP contribution in [0.5, 0.6) is 0 Å². The predicted octanol–water partition coefficient (Wildman–Crippen LogP) is 0.463. The van der Waals surface area contributed by atoms with Crippen LogP contribution < -0.4 is 0 Å². The minimum atomic E-state index is -1.94. The van der Waals surface area contributed by atoms with Gasteiger partial charge in [0.2, 0.25) is 0 Å². The minimum Gasteiger partial charge on any atom is -0.393 e. The fraction of sp³-hybridized carbons (Fsp3) is 1.00. The van der Waals surface area contributed by atoms with Crippen molar-refractivity contribution in [3.05, 3.63) is 0 Å². The fourth-order valence-corrected chi connectivity index (χ4v) is 2.21. The lowest BCUT2D eigenvalue weighted by molar-refractivity contribution is -0.0239. The monoisotopic (exact) mass is 144 g/mol. The van der Waals surface area contributed by atoms with Gasteiger partial charge in [-0.05, 0) is 38.2 Å². The molecular formula is C8H15NO. The van der Waals surface area contributed by atoms with E-state index in [1.165, 1.54) is 0 Å². The molecule has 0 amide bonds. The van der Waals surface area contributed by atoms with E-state index in [1.807, 2.05) is 0 Å². The van der Waals surface area contributed by atoms with E-state index in [2.05, 4.69) is 0 Å². The Kier molecular flexibility index (Phi) is 0.796. The molecule has 1 saturated heterocycles. The van der Waals surface area contributed by atoms with E-state index in [1.54, 1.807) is 4.90 Å². The molecule has 2 fully saturated rings. The SMILES string of the molecule is [2H]C([2H])([2H])N1CCC2(CC(O)C2)C1. The molecule has 2 rings (SSSR count). The second-order valence-corrected chi connectivity index (χ2v) is 3.73. The van der Waals surface area contributed by atoms with Crippen LogP contribution >= 0.6 is 0 Å². The Labute approximate surface area is 66.1 Å². The molecule has 0 aromatic carbocycles. The average Bonchev–Trinajstić information content (AvgIpc) is 2.29. The maximum absolute atomic E-state index is 9.20. The summed E-state index contributed by atoms with van der Waals surface area (Å²) in [5, 5.41) is 9.20. The number of aliphatic hydroxyl groups excluding tert-OH is 1. The molecular weight excluding hydrogens is 126 g/mol. The number of hydrogen-bond donors (Lipinski definition) is 1. The van der Waals surface area contributed by atoms with Crippen molar-refractivity contribution in [1.82, 2.24) is 4.90 Å². The zero-order valence-electron chi connectivity index (χ0n) is 9.01. The van der Waals surface area contributed by atoms with Crippen LogP contribution in [0.2, 0.25) is 0 Å². The molecule has 0 unspecified atom stereocenters. The van der Waals surface area contributed by atoms with Crippen molar-refractivity contribution >= 4 is 0 Å². The summed E-state index contributed by atoms with van der Waals surface area (Å²) in [6.45, 7) is -0.645. The summed E-state index contributed by atoms with van der Waals surface area (Å²) < 4.78 is 21.8. The highest BCUT2D eigenvalue weighted by molar-refractivity contribution is 4.99. The topological polar surface area (TPSA) is 23.5 Å². The Morgan fingerprint density at radius 1 is 1.70 bits per heavy atom. The molecule has 1 N–H and O–H groups in total. The van der Waals surface area contributed by atoms with Crippen LogP contribution in [0.4, 0.5) is 0 Å². The Hall–Kier alpha value is -0.0800. The first-order chi connectivity index (χ1) is 5.91. The van der Waals surface area contributed by atoms with Crippen molar-refractivity contribution in [1.29, 1.82) is 0 Å². The Bertz CT molecular complexity index is 210. The van der Waals surface area contributed by atoms with Crippen LogP contribution in [-0.2, 0) is 0 Å². The zero-order chi connectivity index (χ0) is 9.69. The zero-order valence-corrected chi connectivity index (χ0v) is 6.01. The lowest BCUT2D eigenvalue weighted by Crippen LogP contribution is -2.42. The van der Waals surface area contributed by atoms with E-state index in [9.17, 15) is 5.11 Å². The van der Waals surface area contributed by atoms with Crippen molar-refractivity contribution < 1.29 is 9.22 Å². The standard InChI is InChI=1S/C8H15NO/c1-9-3-2-8(6-9)4-7(10)5-8/h7,10H,2-6H2,1H3/i1D3. The van der Waals surface area contributed by atoms with Crippen LogP contribution in [0.15, 0.2) is 0 Å². The van der Waals surface area contributed by atoms with Gasteiger partial charge in [-0.1, -0.05) is 0 Å². The van der Waals surface area contributed by atoms with Gasteiger partial charge in [0.25, 0.3) is 0 Å². The first kappa shape index (κ1) is 4.07. The summed E-state index contributed by atoms with van der Waals surface area (Å²) in [5.41, 5.74) is 0.133. The van der Waals surface area contributed by atoms with Crippen molar-refractivity contribution in [2.45, 2.75) is 25.4 Å². The third-order valence-electron chi connectivity index (χ3n) is 2.78. The predicted molar refractivity (Wildman–Crippen MR) is 39.8 cm³/mol. The molecule has 1 heterocycles. The number of nitrogens with zero attached hydrogens (tertiary/aromatic N) is 1. The van der Waals surface area contributed by atoms with Gasteiger partial charge in [-0.15, -0.1) is 0 Å². The molecule has 0 aromatic heterocycles. The van der Waals surface area contributed by atoms with Gasteiger partial charge in [0.15, 0.2) is 0 Å². The lowest BCUT2D eigenvalue weighted by atomic mass is 9.66. The molecule has 1 saturated carbocycles. The summed E-state index contributed by atoms with van der Waals surface area (Å²) in [6.07, 6.45) is 2.33. The molecule has 1 aliphatic carbocycles. The van der Waals surface area contributed by atoms with Gasteiger partial charge in [-0.25, -0.2) is 0 Å². The molecule has 0 radical (unpaired) electrons. The van der Waals surface area contributed by atoms with Crippen molar-refractivity contribution in [3.8, 4) is 0 Å². The van der Waals surface area contributed by atoms with Crippen LogP contribution in [0.1, 0.15) is 23.4 Å². The largest absolute Gasteiger partial charge is 0.393 e. The molecule has 1 aliphatic heterocycles. The van der Waals surface area contributed by atoms with Gasteiger partial charge < -0.3 is 10.0 Å². The maximum atomic E-state index is 9.20. The molecule has 58 valence electrons. The summed E-state index contributed by atoms with van der Waals surface area (Å²) in [7, 11) is 0. The van der Waals surface area contributed by atoms with Gasteiger partial charge in [-0.2, -0.15) is 0 Å². The molecule has 2 nitrogen and oxygen atoms in total. The van der Waals surface area contributed by atoms with Crippen molar-refractivity contribution in [2.75, 3.05) is 20.1 Å².